The van der Waals surface area contributed by atoms with Crippen molar-refractivity contribution in [3.05, 3.63) is 29.5 Å². The fourth-order valence-corrected chi connectivity index (χ4v) is 3.05. The Morgan fingerprint density at radius 3 is 2.87 bits per heavy atom. The molecule has 23 heavy (non-hydrogen) atoms. The van der Waals surface area contributed by atoms with Crippen LogP contribution in [-0.2, 0) is 22.4 Å². The van der Waals surface area contributed by atoms with E-state index in [0.29, 0.717) is 31.3 Å². The van der Waals surface area contributed by atoms with Crippen molar-refractivity contribution in [3.8, 4) is 5.75 Å². The SMILES string of the molecule is CCOC(=O)C1CCc2[nH]c3ccc(OC(F)(F)F)cc3c2C1. The number of ether oxygens (including phenoxy) is 2. The first-order valence-corrected chi connectivity index (χ1v) is 7.43. The van der Waals surface area contributed by atoms with Gasteiger partial charge in [0.1, 0.15) is 5.75 Å². The van der Waals surface area contributed by atoms with E-state index in [1.807, 2.05) is 0 Å². The second-order valence-electron chi connectivity index (χ2n) is 5.53. The van der Waals surface area contributed by atoms with Crippen LogP contribution < -0.4 is 4.74 Å². The third-order valence-electron chi connectivity index (χ3n) is 4.01. The fourth-order valence-electron chi connectivity index (χ4n) is 3.05. The number of nitrogens with one attached hydrogen (secondary N) is 1. The number of fused-ring (bicyclic) bond motifs is 3. The standard InChI is InChI=1S/C16H16F3NO3/c1-2-22-15(21)9-3-5-13-11(7-9)12-8-10(23-16(17,18)19)4-6-14(12)20-13/h4,6,8-9,20H,2-3,5,7H2,1H3. The first-order chi connectivity index (χ1) is 10.9. The van der Waals surface area contributed by atoms with E-state index in [1.165, 1.54) is 12.1 Å². The van der Waals surface area contributed by atoms with Crippen LogP contribution >= 0.6 is 0 Å². The van der Waals surface area contributed by atoms with Crippen LogP contribution in [0.4, 0.5) is 13.2 Å². The number of carbonyl (C=O) groups is 1. The van der Waals surface area contributed by atoms with Crippen molar-refractivity contribution in [2.45, 2.75) is 32.5 Å². The lowest BCUT2D eigenvalue weighted by Gasteiger charge is -2.20. The van der Waals surface area contributed by atoms with E-state index in [-0.39, 0.29) is 17.6 Å². The molecule has 4 nitrogen and oxygen atoms in total. The number of aryl methyl sites for hydroxylation is 1. The Bertz CT molecular complexity index is 736. The van der Waals surface area contributed by atoms with Gasteiger partial charge in [-0.25, -0.2) is 0 Å². The van der Waals surface area contributed by atoms with Crippen LogP contribution in [0.25, 0.3) is 10.9 Å². The lowest BCUT2D eigenvalue weighted by Crippen LogP contribution is -2.24. The Balaban J connectivity index is 1.92. The summed E-state index contributed by atoms with van der Waals surface area (Å²) in [6.45, 7) is 2.07. The first-order valence-electron chi connectivity index (χ1n) is 7.43. The number of hydrogen-bond acceptors (Lipinski definition) is 3. The first kappa shape index (κ1) is 15.7. The van der Waals surface area contributed by atoms with E-state index in [1.54, 1.807) is 13.0 Å². The average Bonchev–Trinajstić information content (AvgIpc) is 2.83. The molecule has 0 saturated carbocycles. The molecule has 1 aliphatic rings. The molecule has 1 unspecified atom stereocenters. The van der Waals surface area contributed by atoms with Gasteiger partial charge in [-0.05, 0) is 49.9 Å². The normalized spacial score (nSPS) is 17.8. The third kappa shape index (κ3) is 3.28. The van der Waals surface area contributed by atoms with Crippen molar-refractivity contribution < 1.29 is 27.4 Å². The second kappa shape index (κ2) is 5.79. The van der Waals surface area contributed by atoms with Gasteiger partial charge in [0.2, 0.25) is 0 Å². The van der Waals surface area contributed by atoms with Crippen LogP contribution in [0, 0.1) is 5.92 Å². The highest BCUT2D eigenvalue weighted by Crippen LogP contribution is 2.35. The lowest BCUT2D eigenvalue weighted by atomic mass is 9.86. The zero-order valence-electron chi connectivity index (χ0n) is 12.5. The fraction of sp³-hybridized carbons (Fsp3) is 0.438. The maximum Gasteiger partial charge on any atom is 0.573 e. The minimum absolute atomic E-state index is 0.254. The number of carbonyl (C=O) groups excluding carboxylic acids is 1. The smallest absolute Gasteiger partial charge is 0.466 e. The van der Waals surface area contributed by atoms with Gasteiger partial charge < -0.3 is 14.5 Å². The van der Waals surface area contributed by atoms with E-state index in [4.69, 9.17) is 4.74 Å². The van der Waals surface area contributed by atoms with Crippen LogP contribution in [0.1, 0.15) is 24.6 Å². The summed E-state index contributed by atoms with van der Waals surface area (Å²) in [5, 5.41) is 0.663. The zero-order chi connectivity index (χ0) is 16.6. The van der Waals surface area contributed by atoms with Gasteiger partial charge in [0.15, 0.2) is 0 Å². The molecule has 0 radical (unpaired) electrons. The molecule has 0 bridgehead atoms. The Kier molecular flexibility index (Phi) is 3.95. The van der Waals surface area contributed by atoms with Gasteiger partial charge in [0.05, 0.1) is 12.5 Å². The van der Waals surface area contributed by atoms with Gasteiger partial charge in [0.25, 0.3) is 0 Å². The molecule has 1 aromatic heterocycles. The second-order valence-corrected chi connectivity index (χ2v) is 5.53. The Morgan fingerprint density at radius 1 is 1.39 bits per heavy atom. The molecule has 0 spiro atoms. The van der Waals surface area contributed by atoms with E-state index < -0.39 is 6.36 Å². The molecular formula is C16H16F3NO3. The number of alkyl halides is 3. The van der Waals surface area contributed by atoms with E-state index in [0.717, 1.165) is 16.8 Å². The number of aromatic nitrogens is 1. The van der Waals surface area contributed by atoms with Crippen LogP contribution in [0.3, 0.4) is 0 Å². The van der Waals surface area contributed by atoms with Crippen LogP contribution in [-0.4, -0.2) is 23.9 Å². The number of halogens is 3. The topological polar surface area (TPSA) is 51.3 Å². The molecule has 0 amide bonds. The highest BCUT2D eigenvalue weighted by atomic mass is 19.4. The van der Waals surface area contributed by atoms with Crippen molar-refractivity contribution in [2.24, 2.45) is 5.92 Å². The van der Waals surface area contributed by atoms with Gasteiger partial charge in [-0.3, -0.25) is 4.79 Å². The monoisotopic (exact) mass is 327 g/mol. The number of benzene rings is 1. The third-order valence-corrected chi connectivity index (χ3v) is 4.01. The molecule has 2 aromatic rings. The van der Waals surface area contributed by atoms with Gasteiger partial charge in [-0.1, -0.05) is 0 Å². The van der Waals surface area contributed by atoms with Gasteiger partial charge >= 0.3 is 12.3 Å². The molecule has 124 valence electrons. The number of rotatable bonds is 3. The van der Waals surface area contributed by atoms with Crippen molar-refractivity contribution in [1.82, 2.24) is 4.98 Å². The highest BCUT2D eigenvalue weighted by Gasteiger charge is 2.32. The number of esters is 1. The van der Waals surface area contributed by atoms with Crippen LogP contribution in [0.5, 0.6) is 5.75 Å². The molecule has 3 rings (SSSR count). The van der Waals surface area contributed by atoms with Gasteiger partial charge in [0, 0.05) is 16.6 Å². The van der Waals surface area contributed by atoms with Crippen molar-refractivity contribution in [1.29, 1.82) is 0 Å². The van der Waals surface area contributed by atoms with Crippen LogP contribution in [0.2, 0.25) is 0 Å². The summed E-state index contributed by atoms with van der Waals surface area (Å²) in [4.78, 5) is 15.1. The predicted octanol–water partition coefficient (Wildman–Crippen LogP) is 3.73. The van der Waals surface area contributed by atoms with Gasteiger partial charge in [-0.2, -0.15) is 0 Å². The Morgan fingerprint density at radius 2 is 2.17 bits per heavy atom. The molecule has 0 fully saturated rings. The van der Waals surface area contributed by atoms with Crippen molar-refractivity contribution in [3.63, 3.8) is 0 Å². The summed E-state index contributed by atoms with van der Waals surface area (Å²) >= 11 is 0. The largest absolute Gasteiger partial charge is 0.573 e. The van der Waals surface area contributed by atoms with E-state index in [9.17, 15) is 18.0 Å². The summed E-state index contributed by atoms with van der Waals surface area (Å²) in [5.74, 6) is -0.770. The molecule has 7 heteroatoms. The molecule has 1 heterocycles. The summed E-state index contributed by atoms with van der Waals surface area (Å²) in [6.07, 6.45) is -2.92. The molecule has 1 aromatic carbocycles. The molecule has 1 aliphatic carbocycles. The van der Waals surface area contributed by atoms with Crippen molar-refractivity contribution in [2.75, 3.05) is 6.61 Å². The zero-order valence-corrected chi connectivity index (χ0v) is 12.5. The molecule has 1 N–H and O–H groups in total. The highest BCUT2D eigenvalue weighted by molar-refractivity contribution is 5.87. The number of hydrogen-bond donors (Lipinski definition) is 1. The lowest BCUT2D eigenvalue weighted by molar-refractivity contribution is -0.274. The molecular weight excluding hydrogens is 311 g/mol. The Labute approximate surface area is 130 Å². The molecule has 1 atom stereocenters. The maximum absolute atomic E-state index is 12.4. The van der Waals surface area contributed by atoms with Crippen LogP contribution in [0.15, 0.2) is 18.2 Å². The minimum atomic E-state index is -4.72. The van der Waals surface area contributed by atoms with Crippen molar-refractivity contribution >= 4 is 16.9 Å². The van der Waals surface area contributed by atoms with Gasteiger partial charge in [-0.15, -0.1) is 13.2 Å². The summed E-state index contributed by atoms with van der Waals surface area (Å²) < 4.78 is 46.1. The quantitative estimate of drug-likeness (QED) is 0.874. The minimum Gasteiger partial charge on any atom is -0.466 e. The average molecular weight is 327 g/mol. The summed E-state index contributed by atoms with van der Waals surface area (Å²) in [5.41, 5.74) is 2.58. The molecule has 0 saturated heterocycles. The number of aromatic amines is 1. The predicted molar refractivity (Wildman–Crippen MR) is 77.1 cm³/mol. The molecule has 0 aliphatic heterocycles. The maximum atomic E-state index is 12.4. The van der Waals surface area contributed by atoms with E-state index >= 15 is 0 Å². The number of H-pyrrole nitrogens is 1. The Hall–Kier alpha value is -2.18. The summed E-state index contributed by atoms with van der Waals surface area (Å²) in [6, 6.07) is 4.21. The summed E-state index contributed by atoms with van der Waals surface area (Å²) in [7, 11) is 0. The van der Waals surface area contributed by atoms with E-state index in [2.05, 4.69) is 9.72 Å².